The van der Waals surface area contributed by atoms with Gasteiger partial charge in [0.25, 0.3) is 0 Å². The van der Waals surface area contributed by atoms with E-state index in [1.165, 1.54) is 12.1 Å². The van der Waals surface area contributed by atoms with Crippen LogP contribution in [0.15, 0.2) is 48.5 Å². The molecule has 0 radical (unpaired) electrons. The van der Waals surface area contributed by atoms with Gasteiger partial charge >= 0.3 is 11.9 Å². The molecule has 1 heterocycles. The Kier molecular flexibility index (Phi) is 5.78. The largest absolute Gasteiger partial charge is 0.478 e. The van der Waals surface area contributed by atoms with Gasteiger partial charge in [0.15, 0.2) is 0 Å². The van der Waals surface area contributed by atoms with Crippen molar-refractivity contribution >= 4 is 23.5 Å². The number of esters is 1. The molecule has 0 unspecified atom stereocenters. The average molecular weight is 381 g/mol. The molecule has 0 fully saturated rings. The van der Waals surface area contributed by atoms with Crippen LogP contribution < -0.4 is 4.90 Å². The Bertz CT molecular complexity index is 893. The van der Waals surface area contributed by atoms with Crippen molar-refractivity contribution in [1.29, 1.82) is 0 Å². The number of carbonyl (C=O) groups is 3. The predicted molar refractivity (Wildman–Crippen MR) is 104 cm³/mol. The lowest BCUT2D eigenvalue weighted by Crippen LogP contribution is -2.43. The normalized spacial score (nSPS) is 18.3. The molecule has 0 aromatic heterocycles. The maximum absolute atomic E-state index is 12.6. The van der Waals surface area contributed by atoms with Crippen molar-refractivity contribution in [3.05, 3.63) is 65.2 Å². The smallest absolute Gasteiger partial charge is 0.338 e. The summed E-state index contributed by atoms with van der Waals surface area (Å²) in [6, 6.07) is 13.1. The van der Waals surface area contributed by atoms with E-state index >= 15 is 0 Å². The Morgan fingerprint density at radius 2 is 1.82 bits per heavy atom. The van der Waals surface area contributed by atoms with Gasteiger partial charge < -0.3 is 14.7 Å². The lowest BCUT2D eigenvalue weighted by molar-refractivity contribution is -0.119. The molecule has 0 aliphatic carbocycles. The van der Waals surface area contributed by atoms with E-state index in [0.717, 1.165) is 6.42 Å². The minimum atomic E-state index is -1.07. The molecule has 146 valence electrons. The highest BCUT2D eigenvalue weighted by Gasteiger charge is 2.36. The molecule has 28 heavy (non-hydrogen) atoms. The average Bonchev–Trinajstić information content (AvgIpc) is 2.68. The van der Waals surface area contributed by atoms with E-state index in [4.69, 9.17) is 4.74 Å². The summed E-state index contributed by atoms with van der Waals surface area (Å²) in [6.07, 6.45) is 0.905. The first-order chi connectivity index (χ1) is 13.4. The van der Waals surface area contributed by atoms with Gasteiger partial charge in [-0.2, -0.15) is 0 Å². The number of carboxylic acids is 1. The Morgan fingerprint density at radius 3 is 2.46 bits per heavy atom. The van der Waals surface area contributed by atoms with Gasteiger partial charge in [-0.1, -0.05) is 25.1 Å². The van der Waals surface area contributed by atoms with Crippen molar-refractivity contribution < 1.29 is 24.2 Å². The number of ether oxygens (including phenoxy) is 1. The fraction of sp³-hybridized carbons (Fsp3) is 0.318. The Morgan fingerprint density at radius 1 is 1.11 bits per heavy atom. The van der Waals surface area contributed by atoms with Crippen LogP contribution in [0.5, 0.6) is 0 Å². The molecule has 0 bridgehead atoms. The number of amides is 1. The van der Waals surface area contributed by atoms with Crippen LogP contribution in [-0.2, 0) is 9.53 Å². The van der Waals surface area contributed by atoms with Crippen molar-refractivity contribution in [3.8, 4) is 0 Å². The molecule has 6 heteroatoms. The number of nitrogens with zero attached hydrogens (tertiary/aromatic N) is 1. The highest BCUT2D eigenvalue weighted by molar-refractivity contribution is 5.97. The number of aromatic carboxylic acids is 1. The maximum Gasteiger partial charge on any atom is 0.338 e. The fourth-order valence-electron chi connectivity index (χ4n) is 3.54. The Labute approximate surface area is 163 Å². The zero-order chi connectivity index (χ0) is 20.3. The van der Waals surface area contributed by atoms with E-state index in [2.05, 4.69) is 0 Å². The SMILES string of the molecule is CCCC(=O)N1c2ccc(C(=O)O)cc2[C@@H](OC(=O)c2ccccc2)C[C@@H]1C. The molecular weight excluding hydrogens is 358 g/mol. The summed E-state index contributed by atoms with van der Waals surface area (Å²) < 4.78 is 5.73. The predicted octanol–water partition coefficient (Wildman–Crippen LogP) is 4.21. The molecule has 0 spiro atoms. The first-order valence-corrected chi connectivity index (χ1v) is 9.37. The van der Waals surface area contributed by atoms with Crippen molar-refractivity contribution in [3.63, 3.8) is 0 Å². The summed E-state index contributed by atoms with van der Waals surface area (Å²) in [5.74, 6) is -1.56. The zero-order valence-corrected chi connectivity index (χ0v) is 15.9. The van der Waals surface area contributed by atoms with Crippen molar-refractivity contribution in [2.24, 2.45) is 0 Å². The van der Waals surface area contributed by atoms with E-state index in [1.807, 2.05) is 19.9 Å². The molecule has 0 saturated heterocycles. The van der Waals surface area contributed by atoms with Gasteiger partial charge in [-0.05, 0) is 43.7 Å². The third-order valence-corrected chi connectivity index (χ3v) is 4.87. The first-order valence-electron chi connectivity index (χ1n) is 9.37. The number of carbonyl (C=O) groups excluding carboxylic acids is 2. The van der Waals surface area contributed by atoms with Crippen LogP contribution in [0.2, 0.25) is 0 Å². The topological polar surface area (TPSA) is 83.9 Å². The Hall–Kier alpha value is -3.15. The monoisotopic (exact) mass is 381 g/mol. The second-order valence-corrected chi connectivity index (χ2v) is 6.94. The summed E-state index contributed by atoms with van der Waals surface area (Å²) in [6.45, 7) is 3.84. The summed E-state index contributed by atoms with van der Waals surface area (Å²) in [7, 11) is 0. The van der Waals surface area contributed by atoms with Crippen molar-refractivity contribution in [2.45, 2.75) is 45.3 Å². The van der Waals surface area contributed by atoms with E-state index in [0.29, 0.717) is 29.7 Å². The molecule has 1 amide bonds. The van der Waals surface area contributed by atoms with Crippen LogP contribution >= 0.6 is 0 Å². The third kappa shape index (κ3) is 3.91. The summed E-state index contributed by atoms with van der Waals surface area (Å²) >= 11 is 0. The van der Waals surface area contributed by atoms with Crippen molar-refractivity contribution in [1.82, 2.24) is 0 Å². The number of carboxylic acid groups (broad SMARTS) is 1. The number of hydrogen-bond acceptors (Lipinski definition) is 4. The van der Waals surface area contributed by atoms with Gasteiger partial charge in [0, 0.05) is 24.4 Å². The lowest BCUT2D eigenvalue weighted by atomic mass is 9.91. The molecule has 2 aromatic carbocycles. The molecule has 2 aromatic rings. The molecule has 1 aliphatic rings. The Balaban J connectivity index is 1.99. The molecule has 0 saturated carbocycles. The van der Waals surface area contributed by atoms with Crippen LogP contribution in [-0.4, -0.2) is 29.0 Å². The van der Waals surface area contributed by atoms with E-state index < -0.39 is 18.0 Å². The minimum absolute atomic E-state index is 0.0211. The van der Waals surface area contributed by atoms with Crippen molar-refractivity contribution in [2.75, 3.05) is 4.90 Å². The summed E-state index contributed by atoms with van der Waals surface area (Å²) in [4.78, 5) is 38.3. The maximum atomic E-state index is 12.6. The van der Waals surface area contributed by atoms with Crippen LogP contribution in [0.4, 0.5) is 5.69 Å². The number of benzene rings is 2. The molecule has 1 aliphatic heterocycles. The first kappa shape index (κ1) is 19.6. The van der Waals surface area contributed by atoms with Crippen LogP contribution in [0.1, 0.15) is 65.5 Å². The van der Waals surface area contributed by atoms with Gasteiger partial charge in [-0.25, -0.2) is 9.59 Å². The fourth-order valence-corrected chi connectivity index (χ4v) is 3.54. The highest BCUT2D eigenvalue weighted by atomic mass is 16.5. The standard InChI is InChI=1S/C22H23NO5/c1-3-7-20(24)23-14(2)12-19(28-22(27)15-8-5-4-6-9-15)17-13-16(21(25)26)10-11-18(17)23/h4-6,8-11,13-14,19H,3,7,12H2,1-2H3,(H,25,26)/t14-,19-/m0/s1. The van der Waals surface area contributed by atoms with Gasteiger partial charge in [-0.15, -0.1) is 0 Å². The summed E-state index contributed by atoms with van der Waals surface area (Å²) in [5.41, 5.74) is 1.67. The van der Waals surface area contributed by atoms with Crippen LogP contribution in [0.25, 0.3) is 0 Å². The third-order valence-electron chi connectivity index (χ3n) is 4.87. The number of rotatable bonds is 5. The molecule has 3 rings (SSSR count). The minimum Gasteiger partial charge on any atom is -0.478 e. The van der Waals surface area contributed by atoms with Gasteiger partial charge in [0.2, 0.25) is 5.91 Å². The van der Waals surface area contributed by atoms with Crippen LogP contribution in [0, 0.1) is 0 Å². The quantitative estimate of drug-likeness (QED) is 0.785. The second kappa shape index (κ2) is 8.25. The van der Waals surface area contributed by atoms with E-state index in [1.54, 1.807) is 35.2 Å². The number of hydrogen-bond donors (Lipinski definition) is 1. The summed E-state index contributed by atoms with van der Waals surface area (Å²) in [5, 5.41) is 9.36. The second-order valence-electron chi connectivity index (χ2n) is 6.94. The van der Waals surface area contributed by atoms with Gasteiger partial charge in [0.1, 0.15) is 6.10 Å². The molecule has 6 nitrogen and oxygen atoms in total. The van der Waals surface area contributed by atoms with Gasteiger partial charge in [0.05, 0.1) is 16.8 Å². The van der Waals surface area contributed by atoms with Crippen LogP contribution in [0.3, 0.4) is 0 Å². The van der Waals surface area contributed by atoms with E-state index in [-0.39, 0.29) is 17.5 Å². The molecule has 2 atom stereocenters. The van der Waals surface area contributed by atoms with Gasteiger partial charge in [-0.3, -0.25) is 4.79 Å². The molecular formula is C22H23NO5. The van der Waals surface area contributed by atoms with E-state index in [9.17, 15) is 19.5 Å². The lowest BCUT2D eigenvalue weighted by Gasteiger charge is -2.39. The zero-order valence-electron chi connectivity index (χ0n) is 15.9. The number of anilines is 1. The molecule has 1 N–H and O–H groups in total. The number of fused-ring (bicyclic) bond motifs is 1. The highest BCUT2D eigenvalue weighted by Crippen LogP contribution is 2.40.